The summed E-state index contributed by atoms with van der Waals surface area (Å²) in [5, 5.41) is 13.4. The molecule has 1 aromatic carbocycles. The second-order valence-corrected chi connectivity index (χ2v) is 4.29. The van der Waals surface area contributed by atoms with Crippen LogP contribution in [0, 0.1) is 0 Å². The van der Waals surface area contributed by atoms with Crippen LogP contribution in [0.15, 0.2) is 29.4 Å². The highest BCUT2D eigenvalue weighted by atomic mass is 35.5. The molecule has 0 fully saturated rings. The summed E-state index contributed by atoms with van der Waals surface area (Å²) in [6, 6.07) is 7.04. The number of carboxylic acid groups (broad SMARTS) is 1. The summed E-state index contributed by atoms with van der Waals surface area (Å²) >= 11 is 5.76. The van der Waals surface area contributed by atoms with Crippen LogP contribution in [0.2, 0.25) is 5.02 Å². The van der Waals surface area contributed by atoms with E-state index in [1.54, 1.807) is 24.3 Å². The van der Waals surface area contributed by atoms with Crippen LogP contribution in [0.1, 0.15) is 18.9 Å². The number of hydrogen-bond acceptors (Lipinski definition) is 3. The minimum atomic E-state index is -1.25. The summed E-state index contributed by atoms with van der Waals surface area (Å²) in [4.78, 5) is 15.9. The van der Waals surface area contributed by atoms with E-state index in [1.165, 1.54) is 6.92 Å². The molecule has 2 rings (SSSR count). The fraction of sp³-hybridized carbons (Fsp3) is 0.273. The average molecular weight is 240 g/mol. The molecule has 1 atom stereocenters. The fourth-order valence-electron chi connectivity index (χ4n) is 1.45. The third-order valence-corrected chi connectivity index (χ3v) is 2.74. The molecule has 1 aliphatic heterocycles. The smallest absolute Gasteiger partial charge is 0.351 e. The third kappa shape index (κ3) is 1.88. The number of oxime groups is 1. The van der Waals surface area contributed by atoms with Gasteiger partial charge in [-0.05, 0) is 24.6 Å². The maximum absolute atomic E-state index is 10.9. The first-order valence-corrected chi connectivity index (χ1v) is 5.13. The highest BCUT2D eigenvalue weighted by molar-refractivity contribution is 6.30. The topological polar surface area (TPSA) is 58.9 Å². The van der Waals surface area contributed by atoms with Gasteiger partial charge in [-0.3, -0.25) is 0 Å². The summed E-state index contributed by atoms with van der Waals surface area (Å²) in [6.45, 7) is 1.50. The van der Waals surface area contributed by atoms with Gasteiger partial charge in [0, 0.05) is 11.4 Å². The van der Waals surface area contributed by atoms with Crippen molar-refractivity contribution >= 4 is 23.3 Å². The molecule has 1 heterocycles. The highest BCUT2D eigenvalue weighted by Crippen LogP contribution is 2.27. The lowest BCUT2D eigenvalue weighted by Crippen LogP contribution is -2.35. The molecule has 0 aliphatic carbocycles. The molecule has 1 unspecified atom stereocenters. The molecule has 0 aromatic heterocycles. The van der Waals surface area contributed by atoms with Gasteiger partial charge in [-0.2, -0.15) is 0 Å². The van der Waals surface area contributed by atoms with Crippen molar-refractivity contribution in [1.29, 1.82) is 0 Å². The lowest BCUT2D eigenvalue weighted by molar-refractivity contribution is -0.160. The van der Waals surface area contributed by atoms with Crippen LogP contribution >= 0.6 is 11.6 Å². The number of rotatable bonds is 2. The standard InChI is InChI=1S/C11H10ClNO3/c1-11(10(14)15)6-9(13-16-11)7-2-4-8(12)5-3-7/h2-5H,6H2,1H3,(H,14,15). The summed E-state index contributed by atoms with van der Waals surface area (Å²) in [5.74, 6) is -1.01. The first-order valence-electron chi connectivity index (χ1n) is 4.76. The van der Waals surface area contributed by atoms with E-state index >= 15 is 0 Å². The number of hydrogen-bond donors (Lipinski definition) is 1. The zero-order valence-corrected chi connectivity index (χ0v) is 9.36. The summed E-state index contributed by atoms with van der Waals surface area (Å²) in [6.07, 6.45) is 0.254. The largest absolute Gasteiger partial charge is 0.478 e. The number of carbonyl (C=O) groups is 1. The molecular formula is C11H10ClNO3. The van der Waals surface area contributed by atoms with Crippen LogP contribution in [0.5, 0.6) is 0 Å². The Hall–Kier alpha value is -1.55. The lowest BCUT2D eigenvalue weighted by atomic mass is 9.96. The molecule has 0 amide bonds. The zero-order valence-electron chi connectivity index (χ0n) is 8.61. The van der Waals surface area contributed by atoms with E-state index in [0.29, 0.717) is 10.7 Å². The monoisotopic (exact) mass is 239 g/mol. The van der Waals surface area contributed by atoms with E-state index < -0.39 is 11.6 Å². The molecule has 4 nitrogen and oxygen atoms in total. The molecule has 1 N–H and O–H groups in total. The van der Waals surface area contributed by atoms with E-state index in [4.69, 9.17) is 21.5 Å². The van der Waals surface area contributed by atoms with Crippen LogP contribution in [0.3, 0.4) is 0 Å². The van der Waals surface area contributed by atoms with E-state index in [0.717, 1.165) is 5.56 Å². The Labute approximate surface area is 97.5 Å². The Balaban J connectivity index is 2.20. The van der Waals surface area contributed by atoms with Gasteiger partial charge in [0.2, 0.25) is 5.60 Å². The van der Waals surface area contributed by atoms with Crippen molar-refractivity contribution in [3.63, 3.8) is 0 Å². The van der Waals surface area contributed by atoms with E-state index in [2.05, 4.69) is 5.16 Å². The molecule has 0 radical (unpaired) electrons. The van der Waals surface area contributed by atoms with Gasteiger partial charge in [0.05, 0.1) is 5.71 Å². The lowest BCUT2D eigenvalue weighted by Gasteiger charge is -2.14. The van der Waals surface area contributed by atoms with E-state index in [-0.39, 0.29) is 6.42 Å². The fourth-order valence-corrected chi connectivity index (χ4v) is 1.58. The van der Waals surface area contributed by atoms with Crippen LogP contribution in [-0.2, 0) is 9.63 Å². The molecule has 0 saturated carbocycles. The van der Waals surface area contributed by atoms with Gasteiger partial charge in [-0.1, -0.05) is 28.9 Å². The van der Waals surface area contributed by atoms with Crippen molar-refractivity contribution in [3.8, 4) is 0 Å². The Bertz CT molecular complexity index is 455. The highest BCUT2D eigenvalue weighted by Gasteiger charge is 2.42. The van der Waals surface area contributed by atoms with Gasteiger partial charge in [-0.25, -0.2) is 4.79 Å². The average Bonchev–Trinajstić information content (AvgIpc) is 2.63. The number of aliphatic carboxylic acids is 1. The van der Waals surface area contributed by atoms with Crippen LogP contribution in [0.25, 0.3) is 0 Å². The van der Waals surface area contributed by atoms with Gasteiger partial charge in [0.15, 0.2) is 0 Å². The molecular weight excluding hydrogens is 230 g/mol. The number of benzene rings is 1. The zero-order chi connectivity index (χ0) is 11.8. The molecule has 0 saturated heterocycles. The molecule has 16 heavy (non-hydrogen) atoms. The Morgan fingerprint density at radius 2 is 2.12 bits per heavy atom. The minimum Gasteiger partial charge on any atom is -0.478 e. The van der Waals surface area contributed by atoms with Crippen molar-refractivity contribution in [1.82, 2.24) is 0 Å². The van der Waals surface area contributed by atoms with Gasteiger partial charge >= 0.3 is 5.97 Å². The second-order valence-electron chi connectivity index (χ2n) is 3.85. The summed E-state index contributed by atoms with van der Waals surface area (Å²) in [5.41, 5.74) is 0.200. The van der Waals surface area contributed by atoms with Gasteiger partial charge in [0.1, 0.15) is 0 Å². The second kappa shape index (κ2) is 3.79. The maximum atomic E-state index is 10.9. The minimum absolute atomic E-state index is 0.254. The number of halogens is 1. The summed E-state index contributed by atoms with van der Waals surface area (Å²) < 4.78 is 0. The summed E-state index contributed by atoms with van der Waals surface area (Å²) in [7, 11) is 0. The molecule has 5 heteroatoms. The Morgan fingerprint density at radius 1 is 1.50 bits per heavy atom. The SMILES string of the molecule is CC1(C(=O)O)CC(c2ccc(Cl)cc2)=NO1. The van der Waals surface area contributed by atoms with Crippen molar-refractivity contribution in [2.24, 2.45) is 5.16 Å². The first kappa shape index (κ1) is 11.0. The molecule has 1 aromatic rings. The van der Waals surface area contributed by atoms with Crippen molar-refractivity contribution in [3.05, 3.63) is 34.9 Å². The van der Waals surface area contributed by atoms with Gasteiger partial charge in [0.25, 0.3) is 0 Å². The predicted octanol–water partition coefficient (Wildman–Crippen LogP) is 2.31. The predicted molar refractivity (Wildman–Crippen MR) is 59.7 cm³/mol. The van der Waals surface area contributed by atoms with Crippen LogP contribution in [-0.4, -0.2) is 22.4 Å². The number of nitrogens with zero attached hydrogens (tertiary/aromatic N) is 1. The first-order chi connectivity index (χ1) is 7.51. The molecule has 0 bridgehead atoms. The number of carboxylic acids is 1. The van der Waals surface area contributed by atoms with Crippen molar-refractivity contribution < 1.29 is 14.7 Å². The van der Waals surface area contributed by atoms with E-state index in [1.807, 2.05) is 0 Å². The molecule has 84 valence electrons. The molecule has 1 aliphatic rings. The van der Waals surface area contributed by atoms with Crippen LogP contribution < -0.4 is 0 Å². The Kier molecular flexibility index (Phi) is 2.59. The van der Waals surface area contributed by atoms with Crippen LogP contribution in [0.4, 0.5) is 0 Å². The normalized spacial score (nSPS) is 23.8. The Morgan fingerprint density at radius 3 is 2.62 bits per heavy atom. The maximum Gasteiger partial charge on any atom is 0.351 e. The van der Waals surface area contributed by atoms with Crippen molar-refractivity contribution in [2.45, 2.75) is 18.9 Å². The van der Waals surface area contributed by atoms with Gasteiger partial charge in [-0.15, -0.1) is 0 Å². The van der Waals surface area contributed by atoms with E-state index in [9.17, 15) is 4.79 Å². The van der Waals surface area contributed by atoms with Crippen molar-refractivity contribution in [2.75, 3.05) is 0 Å². The van der Waals surface area contributed by atoms with Gasteiger partial charge < -0.3 is 9.94 Å². The molecule has 0 spiro atoms. The quantitative estimate of drug-likeness (QED) is 0.862. The third-order valence-electron chi connectivity index (χ3n) is 2.49.